The third kappa shape index (κ3) is 3.35. The van der Waals surface area contributed by atoms with Crippen molar-refractivity contribution in [2.75, 3.05) is 6.61 Å². The fourth-order valence-electron chi connectivity index (χ4n) is 1.15. The van der Waals surface area contributed by atoms with Crippen LogP contribution in [0.4, 0.5) is 0 Å². The number of aliphatic hydroxyl groups excluding tert-OH is 1. The van der Waals surface area contributed by atoms with Crippen molar-refractivity contribution in [3.63, 3.8) is 0 Å². The zero-order chi connectivity index (χ0) is 10.6. The highest BCUT2D eigenvalue weighted by molar-refractivity contribution is 5.50. The Kier molecular flexibility index (Phi) is 3.48. The molecule has 0 aliphatic carbocycles. The Morgan fingerprint density at radius 2 is 2.07 bits per heavy atom. The van der Waals surface area contributed by atoms with E-state index in [1.165, 1.54) is 11.1 Å². The summed E-state index contributed by atoms with van der Waals surface area (Å²) in [7, 11) is 0. The molecule has 0 saturated carbocycles. The lowest BCUT2D eigenvalue weighted by molar-refractivity contribution is 0.200. The third-order valence-corrected chi connectivity index (χ3v) is 2.18. The molecule has 0 spiro atoms. The van der Waals surface area contributed by atoms with E-state index in [4.69, 9.17) is 5.11 Å². The molecule has 0 atom stereocenters. The zero-order valence-electron chi connectivity index (χ0n) is 9.12. The molecular formula is C13H18O. The lowest BCUT2D eigenvalue weighted by atomic mass is 9.93. The molecule has 14 heavy (non-hydrogen) atoms. The lowest BCUT2D eigenvalue weighted by Gasteiger charge is -2.15. The number of benzene rings is 1. The third-order valence-electron chi connectivity index (χ3n) is 2.18. The van der Waals surface area contributed by atoms with E-state index in [0.717, 1.165) is 0 Å². The van der Waals surface area contributed by atoms with Crippen molar-refractivity contribution in [2.45, 2.75) is 20.8 Å². The molecule has 0 amide bonds. The summed E-state index contributed by atoms with van der Waals surface area (Å²) in [6, 6.07) is 8.32. The van der Waals surface area contributed by atoms with E-state index in [2.05, 4.69) is 31.2 Å². The monoisotopic (exact) mass is 190 g/mol. The van der Waals surface area contributed by atoms with Gasteiger partial charge in [0.25, 0.3) is 0 Å². The molecule has 0 unspecified atom stereocenters. The van der Waals surface area contributed by atoms with Crippen LogP contribution in [-0.2, 0) is 0 Å². The summed E-state index contributed by atoms with van der Waals surface area (Å²) >= 11 is 0. The highest BCUT2D eigenvalue weighted by Crippen LogP contribution is 2.17. The molecule has 0 radical (unpaired) electrons. The Balaban J connectivity index is 2.78. The van der Waals surface area contributed by atoms with Gasteiger partial charge in [0.05, 0.1) is 6.61 Å². The average Bonchev–Trinajstić information content (AvgIpc) is 2.15. The Morgan fingerprint density at radius 1 is 1.36 bits per heavy atom. The minimum absolute atomic E-state index is 0.135. The molecule has 0 aliphatic rings. The SMILES string of the molecule is Cc1cccc(/C=C/C(C)(C)CO)c1. The van der Waals surface area contributed by atoms with Crippen LogP contribution in [0.3, 0.4) is 0 Å². The molecule has 76 valence electrons. The fourth-order valence-corrected chi connectivity index (χ4v) is 1.15. The van der Waals surface area contributed by atoms with Crippen LogP contribution in [0, 0.1) is 12.3 Å². The van der Waals surface area contributed by atoms with Gasteiger partial charge in [0.2, 0.25) is 0 Å². The molecule has 0 heterocycles. The van der Waals surface area contributed by atoms with Gasteiger partial charge < -0.3 is 5.11 Å². The summed E-state index contributed by atoms with van der Waals surface area (Å²) < 4.78 is 0. The summed E-state index contributed by atoms with van der Waals surface area (Å²) in [5, 5.41) is 9.08. The maximum absolute atomic E-state index is 9.08. The molecule has 0 bridgehead atoms. The van der Waals surface area contributed by atoms with Gasteiger partial charge in [0, 0.05) is 5.41 Å². The number of aryl methyl sites for hydroxylation is 1. The van der Waals surface area contributed by atoms with Gasteiger partial charge in [-0.15, -0.1) is 0 Å². The number of rotatable bonds is 3. The van der Waals surface area contributed by atoms with Crippen LogP contribution in [0.2, 0.25) is 0 Å². The summed E-state index contributed by atoms with van der Waals surface area (Å²) in [6.45, 7) is 6.28. The van der Waals surface area contributed by atoms with E-state index in [1.807, 2.05) is 26.0 Å². The fraction of sp³-hybridized carbons (Fsp3) is 0.385. The van der Waals surface area contributed by atoms with Crippen molar-refractivity contribution in [1.82, 2.24) is 0 Å². The van der Waals surface area contributed by atoms with Crippen LogP contribution in [0.15, 0.2) is 30.3 Å². The van der Waals surface area contributed by atoms with Gasteiger partial charge in [-0.3, -0.25) is 0 Å². The van der Waals surface area contributed by atoms with Gasteiger partial charge in [0.15, 0.2) is 0 Å². The number of hydrogen-bond donors (Lipinski definition) is 1. The van der Waals surface area contributed by atoms with Crippen LogP contribution in [-0.4, -0.2) is 11.7 Å². The quantitative estimate of drug-likeness (QED) is 0.776. The van der Waals surface area contributed by atoms with Gasteiger partial charge in [-0.1, -0.05) is 55.8 Å². The molecule has 1 heteroatoms. The highest BCUT2D eigenvalue weighted by atomic mass is 16.3. The molecule has 1 aromatic rings. The van der Waals surface area contributed by atoms with E-state index in [9.17, 15) is 0 Å². The maximum atomic E-state index is 9.08. The van der Waals surface area contributed by atoms with Crippen molar-refractivity contribution in [2.24, 2.45) is 5.41 Å². The topological polar surface area (TPSA) is 20.2 Å². The number of aliphatic hydroxyl groups is 1. The normalized spacial score (nSPS) is 12.3. The molecule has 0 aromatic heterocycles. The Bertz CT molecular complexity index is 324. The first-order chi connectivity index (χ1) is 6.53. The Morgan fingerprint density at radius 3 is 2.64 bits per heavy atom. The molecule has 1 N–H and O–H groups in total. The molecular weight excluding hydrogens is 172 g/mol. The zero-order valence-corrected chi connectivity index (χ0v) is 9.12. The standard InChI is InChI=1S/C13H18O/c1-11-5-4-6-12(9-11)7-8-13(2,3)10-14/h4-9,14H,10H2,1-3H3/b8-7+. The first-order valence-corrected chi connectivity index (χ1v) is 4.90. The molecule has 1 rings (SSSR count). The lowest BCUT2D eigenvalue weighted by Crippen LogP contribution is -2.12. The minimum Gasteiger partial charge on any atom is -0.395 e. The predicted octanol–water partition coefficient (Wildman–Crippen LogP) is 3.03. The second-order valence-electron chi connectivity index (χ2n) is 4.39. The summed E-state index contributed by atoms with van der Waals surface area (Å²) in [6.07, 6.45) is 4.10. The molecule has 0 fully saturated rings. The van der Waals surface area contributed by atoms with Gasteiger partial charge in [-0.25, -0.2) is 0 Å². The average molecular weight is 190 g/mol. The molecule has 0 saturated heterocycles. The number of hydrogen-bond acceptors (Lipinski definition) is 1. The first-order valence-electron chi connectivity index (χ1n) is 4.90. The second-order valence-corrected chi connectivity index (χ2v) is 4.39. The summed E-state index contributed by atoms with van der Waals surface area (Å²) in [5.74, 6) is 0. The van der Waals surface area contributed by atoms with Crippen LogP contribution < -0.4 is 0 Å². The van der Waals surface area contributed by atoms with E-state index in [1.54, 1.807) is 0 Å². The van der Waals surface area contributed by atoms with Crippen molar-refractivity contribution in [3.8, 4) is 0 Å². The highest BCUT2D eigenvalue weighted by Gasteiger charge is 2.10. The Labute approximate surface area is 86.1 Å². The van der Waals surface area contributed by atoms with Crippen molar-refractivity contribution >= 4 is 6.08 Å². The van der Waals surface area contributed by atoms with Crippen molar-refractivity contribution in [1.29, 1.82) is 0 Å². The van der Waals surface area contributed by atoms with Gasteiger partial charge in [0.1, 0.15) is 0 Å². The smallest absolute Gasteiger partial charge is 0.0516 e. The van der Waals surface area contributed by atoms with E-state index >= 15 is 0 Å². The predicted molar refractivity (Wildman–Crippen MR) is 61.1 cm³/mol. The summed E-state index contributed by atoms with van der Waals surface area (Å²) in [5.41, 5.74) is 2.31. The van der Waals surface area contributed by atoms with Gasteiger partial charge in [-0.05, 0) is 12.5 Å². The van der Waals surface area contributed by atoms with E-state index in [0.29, 0.717) is 0 Å². The second kappa shape index (κ2) is 4.43. The van der Waals surface area contributed by atoms with E-state index < -0.39 is 0 Å². The van der Waals surface area contributed by atoms with E-state index in [-0.39, 0.29) is 12.0 Å². The van der Waals surface area contributed by atoms with Gasteiger partial charge in [-0.2, -0.15) is 0 Å². The van der Waals surface area contributed by atoms with Gasteiger partial charge >= 0.3 is 0 Å². The molecule has 0 aliphatic heterocycles. The first kappa shape index (κ1) is 11.0. The van der Waals surface area contributed by atoms with Crippen molar-refractivity contribution in [3.05, 3.63) is 41.5 Å². The largest absolute Gasteiger partial charge is 0.395 e. The minimum atomic E-state index is -0.135. The maximum Gasteiger partial charge on any atom is 0.0516 e. The van der Waals surface area contributed by atoms with Crippen LogP contribution in [0.5, 0.6) is 0 Å². The Hall–Kier alpha value is -1.08. The van der Waals surface area contributed by atoms with Crippen LogP contribution >= 0.6 is 0 Å². The van der Waals surface area contributed by atoms with Crippen molar-refractivity contribution < 1.29 is 5.11 Å². The van der Waals surface area contributed by atoms with Crippen LogP contribution in [0.1, 0.15) is 25.0 Å². The summed E-state index contributed by atoms with van der Waals surface area (Å²) in [4.78, 5) is 0. The molecule has 1 nitrogen and oxygen atoms in total. The van der Waals surface area contributed by atoms with Crippen LogP contribution in [0.25, 0.3) is 6.08 Å². The molecule has 1 aromatic carbocycles.